The summed E-state index contributed by atoms with van der Waals surface area (Å²) in [7, 11) is 1.72. The molecule has 0 aliphatic carbocycles. The highest BCUT2D eigenvalue weighted by Crippen LogP contribution is 2.15. The Morgan fingerprint density at radius 2 is 2.25 bits per heavy atom. The van der Waals surface area contributed by atoms with E-state index in [4.69, 9.17) is 11.6 Å². The van der Waals surface area contributed by atoms with Gasteiger partial charge in [-0.15, -0.1) is 6.54 Å². The molecule has 0 fully saturated rings. The van der Waals surface area contributed by atoms with Gasteiger partial charge >= 0.3 is 0 Å². The standard InChI is InChI=1S/C9H10ClFN/c1-12-5-4-7-2-3-8(10)6-9(7)11/h2-3,6H,4-5H2,1H3/q-1. The Bertz CT molecular complexity index is 263. The van der Waals surface area contributed by atoms with E-state index in [1.807, 2.05) is 0 Å². The van der Waals surface area contributed by atoms with Crippen molar-refractivity contribution in [3.63, 3.8) is 0 Å². The lowest BCUT2D eigenvalue weighted by atomic mass is 10.1. The van der Waals surface area contributed by atoms with Crippen molar-refractivity contribution in [2.24, 2.45) is 0 Å². The van der Waals surface area contributed by atoms with Crippen molar-refractivity contribution in [2.75, 3.05) is 13.6 Å². The monoisotopic (exact) mass is 186 g/mol. The van der Waals surface area contributed by atoms with Crippen molar-refractivity contribution in [1.29, 1.82) is 0 Å². The fourth-order valence-corrected chi connectivity index (χ4v) is 1.12. The van der Waals surface area contributed by atoms with Crippen LogP contribution >= 0.6 is 11.6 Å². The van der Waals surface area contributed by atoms with Crippen LogP contribution in [0.25, 0.3) is 5.32 Å². The predicted octanol–water partition coefficient (Wildman–Crippen LogP) is 3.03. The highest BCUT2D eigenvalue weighted by molar-refractivity contribution is 6.30. The van der Waals surface area contributed by atoms with Gasteiger partial charge in [0.2, 0.25) is 0 Å². The molecule has 12 heavy (non-hydrogen) atoms. The second-order valence-electron chi connectivity index (χ2n) is 2.53. The van der Waals surface area contributed by atoms with Gasteiger partial charge in [0.25, 0.3) is 0 Å². The number of benzene rings is 1. The summed E-state index contributed by atoms with van der Waals surface area (Å²) < 4.78 is 13.0. The fourth-order valence-electron chi connectivity index (χ4n) is 0.957. The molecule has 0 aromatic heterocycles. The van der Waals surface area contributed by atoms with Gasteiger partial charge in [0.15, 0.2) is 0 Å². The molecule has 0 saturated carbocycles. The van der Waals surface area contributed by atoms with E-state index in [1.54, 1.807) is 19.2 Å². The third-order valence-electron chi connectivity index (χ3n) is 1.62. The van der Waals surface area contributed by atoms with Gasteiger partial charge in [0, 0.05) is 5.02 Å². The lowest BCUT2D eigenvalue weighted by molar-refractivity contribution is 0.611. The minimum Gasteiger partial charge on any atom is -0.665 e. The topological polar surface area (TPSA) is 14.1 Å². The molecule has 1 aromatic carbocycles. The van der Waals surface area contributed by atoms with Gasteiger partial charge in [-0.3, -0.25) is 0 Å². The molecule has 0 N–H and O–H groups in total. The van der Waals surface area contributed by atoms with Crippen LogP contribution in [0.3, 0.4) is 0 Å². The number of nitrogens with zero attached hydrogens (tertiary/aromatic N) is 1. The van der Waals surface area contributed by atoms with Gasteiger partial charge in [0.05, 0.1) is 0 Å². The lowest BCUT2D eigenvalue weighted by Crippen LogP contribution is -1.93. The van der Waals surface area contributed by atoms with E-state index in [0.29, 0.717) is 23.6 Å². The summed E-state index contributed by atoms with van der Waals surface area (Å²) in [5.41, 5.74) is 0.671. The molecule has 0 amide bonds. The van der Waals surface area contributed by atoms with Crippen molar-refractivity contribution in [2.45, 2.75) is 6.42 Å². The van der Waals surface area contributed by atoms with Gasteiger partial charge in [0.1, 0.15) is 5.82 Å². The maximum atomic E-state index is 13.0. The molecular weight excluding hydrogens is 177 g/mol. The third kappa shape index (κ3) is 2.47. The molecule has 0 aliphatic heterocycles. The van der Waals surface area contributed by atoms with Crippen LogP contribution < -0.4 is 0 Å². The molecule has 0 spiro atoms. The summed E-state index contributed by atoms with van der Waals surface area (Å²) in [5.74, 6) is -0.244. The van der Waals surface area contributed by atoms with Gasteiger partial charge in [-0.1, -0.05) is 17.7 Å². The predicted molar refractivity (Wildman–Crippen MR) is 49.3 cm³/mol. The number of rotatable bonds is 3. The average molecular weight is 187 g/mol. The molecule has 0 aliphatic rings. The van der Waals surface area contributed by atoms with Gasteiger partial charge < -0.3 is 5.32 Å². The summed E-state index contributed by atoms with van der Waals surface area (Å²) in [6.07, 6.45) is 0.638. The van der Waals surface area contributed by atoms with Crippen LogP contribution in [-0.2, 0) is 6.42 Å². The number of likely N-dealkylation sites (N-methyl/N-ethyl adjacent to an activating group) is 1. The van der Waals surface area contributed by atoms with Crippen molar-refractivity contribution in [3.05, 3.63) is 39.9 Å². The first-order chi connectivity index (χ1) is 5.74. The molecular formula is C9H10ClFN-. The van der Waals surface area contributed by atoms with Crippen molar-refractivity contribution in [3.8, 4) is 0 Å². The SMILES string of the molecule is C[N-]CCc1ccc(Cl)cc1F. The van der Waals surface area contributed by atoms with Crippen molar-refractivity contribution < 1.29 is 4.39 Å². The van der Waals surface area contributed by atoms with Crippen LogP contribution in [0.15, 0.2) is 18.2 Å². The molecule has 0 unspecified atom stereocenters. The van der Waals surface area contributed by atoms with E-state index in [0.717, 1.165) is 0 Å². The molecule has 1 rings (SSSR count). The first kappa shape index (κ1) is 9.49. The van der Waals surface area contributed by atoms with E-state index in [9.17, 15) is 4.39 Å². The van der Waals surface area contributed by atoms with E-state index >= 15 is 0 Å². The molecule has 0 atom stereocenters. The minimum atomic E-state index is -0.244. The van der Waals surface area contributed by atoms with Crippen LogP contribution in [0.2, 0.25) is 5.02 Å². The Balaban J connectivity index is 2.72. The van der Waals surface area contributed by atoms with Crippen LogP contribution in [0.1, 0.15) is 5.56 Å². The summed E-state index contributed by atoms with van der Waals surface area (Å²) in [5, 5.41) is 4.33. The van der Waals surface area contributed by atoms with Gasteiger partial charge in [-0.25, -0.2) is 4.39 Å². The zero-order chi connectivity index (χ0) is 8.97. The average Bonchev–Trinajstić information content (AvgIpc) is 2.03. The van der Waals surface area contributed by atoms with E-state index < -0.39 is 0 Å². The zero-order valence-corrected chi connectivity index (χ0v) is 7.61. The number of hydrogen-bond acceptors (Lipinski definition) is 0. The summed E-state index contributed by atoms with van der Waals surface area (Å²) in [6, 6.07) is 4.71. The number of halogens is 2. The van der Waals surface area contributed by atoms with Crippen LogP contribution in [0.5, 0.6) is 0 Å². The quantitative estimate of drug-likeness (QED) is 0.689. The third-order valence-corrected chi connectivity index (χ3v) is 1.85. The molecule has 1 nitrogen and oxygen atoms in total. The fraction of sp³-hybridized carbons (Fsp3) is 0.333. The molecule has 0 bridgehead atoms. The normalized spacial score (nSPS) is 10.2. The Kier molecular flexibility index (Phi) is 3.50. The van der Waals surface area contributed by atoms with Gasteiger partial charge in [-0.2, -0.15) is 7.05 Å². The van der Waals surface area contributed by atoms with Crippen molar-refractivity contribution in [1.82, 2.24) is 0 Å². The van der Waals surface area contributed by atoms with Crippen LogP contribution in [-0.4, -0.2) is 13.6 Å². The molecule has 66 valence electrons. The Morgan fingerprint density at radius 1 is 1.50 bits per heavy atom. The maximum absolute atomic E-state index is 13.0. The van der Waals surface area contributed by atoms with Gasteiger partial charge in [-0.05, 0) is 24.1 Å². The van der Waals surface area contributed by atoms with E-state index in [-0.39, 0.29) is 5.82 Å². The zero-order valence-electron chi connectivity index (χ0n) is 6.85. The smallest absolute Gasteiger partial charge is 0.127 e. The summed E-state index contributed by atoms with van der Waals surface area (Å²) in [4.78, 5) is 0. The van der Waals surface area contributed by atoms with Crippen LogP contribution in [0.4, 0.5) is 4.39 Å². The highest BCUT2D eigenvalue weighted by atomic mass is 35.5. The molecule has 0 heterocycles. The Morgan fingerprint density at radius 3 is 2.83 bits per heavy atom. The summed E-state index contributed by atoms with van der Waals surface area (Å²) in [6.45, 7) is 0.651. The molecule has 1 aromatic rings. The molecule has 0 radical (unpaired) electrons. The summed E-state index contributed by atoms with van der Waals surface area (Å²) >= 11 is 5.59. The van der Waals surface area contributed by atoms with E-state index in [1.165, 1.54) is 6.07 Å². The largest absolute Gasteiger partial charge is 0.665 e. The lowest BCUT2D eigenvalue weighted by Gasteiger charge is -2.10. The second-order valence-corrected chi connectivity index (χ2v) is 2.96. The minimum absolute atomic E-state index is 0.244. The second kappa shape index (κ2) is 4.43. The highest BCUT2D eigenvalue weighted by Gasteiger charge is 1.99. The first-order valence-corrected chi connectivity index (χ1v) is 4.11. The van der Waals surface area contributed by atoms with Crippen LogP contribution in [0, 0.1) is 5.82 Å². The van der Waals surface area contributed by atoms with Crippen molar-refractivity contribution >= 4 is 11.6 Å². The maximum Gasteiger partial charge on any atom is 0.127 e. The number of hydrogen-bond donors (Lipinski definition) is 0. The Labute approximate surface area is 76.5 Å². The molecule has 0 saturated heterocycles. The first-order valence-electron chi connectivity index (χ1n) is 3.73. The Hall–Kier alpha value is -0.600. The molecule has 3 heteroatoms. The van der Waals surface area contributed by atoms with E-state index in [2.05, 4.69) is 5.32 Å².